The van der Waals surface area contributed by atoms with E-state index in [2.05, 4.69) is 28.2 Å². The Morgan fingerprint density at radius 1 is 1.47 bits per heavy atom. The van der Waals surface area contributed by atoms with Gasteiger partial charge in [0.25, 0.3) is 0 Å². The maximum atomic E-state index is 5.18. The minimum atomic E-state index is 0.702. The van der Waals surface area contributed by atoms with Crippen LogP contribution in [0.2, 0.25) is 0 Å². The van der Waals surface area contributed by atoms with Crippen molar-refractivity contribution in [1.29, 1.82) is 0 Å². The van der Waals surface area contributed by atoms with Crippen molar-refractivity contribution < 1.29 is 4.74 Å². The summed E-state index contributed by atoms with van der Waals surface area (Å²) in [6.07, 6.45) is 2.65. The fourth-order valence-corrected chi connectivity index (χ4v) is 2.64. The van der Waals surface area contributed by atoms with E-state index in [9.17, 15) is 0 Å². The van der Waals surface area contributed by atoms with Gasteiger partial charge in [-0.1, -0.05) is 13.0 Å². The van der Waals surface area contributed by atoms with Gasteiger partial charge in [-0.15, -0.1) is 0 Å². The second-order valence-electron chi connectivity index (χ2n) is 5.21. The molecule has 0 spiro atoms. The Balaban J connectivity index is 1.90. The van der Waals surface area contributed by atoms with Crippen LogP contribution in [0.4, 0.5) is 0 Å². The highest BCUT2D eigenvalue weighted by molar-refractivity contribution is 5.15. The number of hydrogen-bond acceptors (Lipinski definition) is 4. The van der Waals surface area contributed by atoms with Crippen LogP contribution in [0.3, 0.4) is 0 Å². The maximum absolute atomic E-state index is 5.18. The fraction of sp³-hybridized carbons (Fsp3) is 0.667. The SMILES string of the molecule is CCN(Cc1cccc(OC)n1)CC1CCCNC1. The lowest BCUT2D eigenvalue weighted by Gasteiger charge is -2.29. The third-order valence-electron chi connectivity index (χ3n) is 3.74. The number of pyridine rings is 1. The molecule has 0 aliphatic carbocycles. The molecule has 1 fully saturated rings. The molecule has 1 saturated heterocycles. The minimum absolute atomic E-state index is 0.702. The highest BCUT2D eigenvalue weighted by atomic mass is 16.5. The zero-order valence-electron chi connectivity index (χ0n) is 12.1. The van der Waals surface area contributed by atoms with Crippen molar-refractivity contribution in [1.82, 2.24) is 15.2 Å². The summed E-state index contributed by atoms with van der Waals surface area (Å²) in [7, 11) is 1.66. The van der Waals surface area contributed by atoms with Crippen LogP contribution in [0.15, 0.2) is 18.2 Å². The molecule has 1 unspecified atom stereocenters. The highest BCUT2D eigenvalue weighted by Crippen LogP contribution is 2.14. The van der Waals surface area contributed by atoms with Crippen molar-refractivity contribution in [3.63, 3.8) is 0 Å². The predicted octanol–water partition coefficient (Wildman–Crippen LogP) is 1.91. The van der Waals surface area contributed by atoms with E-state index >= 15 is 0 Å². The Morgan fingerprint density at radius 3 is 3.05 bits per heavy atom. The Kier molecular flexibility index (Phi) is 5.61. The number of aromatic nitrogens is 1. The first-order valence-corrected chi connectivity index (χ1v) is 7.24. The molecule has 0 amide bonds. The van der Waals surface area contributed by atoms with Crippen LogP contribution in [0.25, 0.3) is 0 Å². The summed E-state index contributed by atoms with van der Waals surface area (Å²) in [4.78, 5) is 6.96. The molecule has 1 aliphatic heterocycles. The smallest absolute Gasteiger partial charge is 0.213 e. The molecule has 4 heteroatoms. The molecule has 1 aromatic rings. The topological polar surface area (TPSA) is 37.4 Å². The molecule has 1 aliphatic rings. The Hall–Kier alpha value is -1.13. The van der Waals surface area contributed by atoms with Crippen LogP contribution in [-0.4, -0.2) is 43.2 Å². The zero-order valence-corrected chi connectivity index (χ0v) is 12.1. The van der Waals surface area contributed by atoms with Gasteiger partial charge in [-0.25, -0.2) is 4.98 Å². The molecule has 106 valence electrons. The minimum Gasteiger partial charge on any atom is -0.481 e. The number of methoxy groups -OCH3 is 1. The summed E-state index contributed by atoms with van der Waals surface area (Å²) < 4.78 is 5.18. The van der Waals surface area contributed by atoms with Gasteiger partial charge in [0.2, 0.25) is 5.88 Å². The average Bonchev–Trinajstić information content (AvgIpc) is 2.48. The summed E-state index contributed by atoms with van der Waals surface area (Å²) in [5.74, 6) is 1.48. The Labute approximate surface area is 116 Å². The quantitative estimate of drug-likeness (QED) is 0.851. The van der Waals surface area contributed by atoms with Gasteiger partial charge in [-0.05, 0) is 44.5 Å². The lowest BCUT2D eigenvalue weighted by atomic mass is 9.99. The van der Waals surface area contributed by atoms with E-state index in [1.165, 1.54) is 19.4 Å². The first-order chi connectivity index (χ1) is 9.31. The van der Waals surface area contributed by atoms with E-state index < -0.39 is 0 Å². The molecule has 2 heterocycles. The monoisotopic (exact) mass is 263 g/mol. The normalized spacial score (nSPS) is 19.6. The van der Waals surface area contributed by atoms with Crippen molar-refractivity contribution in [2.45, 2.75) is 26.3 Å². The fourth-order valence-electron chi connectivity index (χ4n) is 2.64. The van der Waals surface area contributed by atoms with Crippen molar-refractivity contribution in [2.75, 3.05) is 33.3 Å². The van der Waals surface area contributed by atoms with E-state index in [1.54, 1.807) is 7.11 Å². The molecule has 19 heavy (non-hydrogen) atoms. The van der Waals surface area contributed by atoms with Gasteiger partial charge in [0.05, 0.1) is 12.8 Å². The molecule has 0 bridgehead atoms. The number of piperidine rings is 1. The largest absolute Gasteiger partial charge is 0.481 e. The Morgan fingerprint density at radius 2 is 2.37 bits per heavy atom. The molecule has 4 nitrogen and oxygen atoms in total. The second-order valence-corrected chi connectivity index (χ2v) is 5.21. The van der Waals surface area contributed by atoms with E-state index in [1.807, 2.05) is 12.1 Å². The van der Waals surface area contributed by atoms with Crippen LogP contribution in [0.5, 0.6) is 5.88 Å². The number of nitrogens with one attached hydrogen (secondary N) is 1. The van der Waals surface area contributed by atoms with Crippen LogP contribution in [-0.2, 0) is 6.54 Å². The van der Waals surface area contributed by atoms with E-state index in [0.29, 0.717) is 5.88 Å². The molecular weight excluding hydrogens is 238 g/mol. The predicted molar refractivity (Wildman–Crippen MR) is 77.3 cm³/mol. The highest BCUT2D eigenvalue weighted by Gasteiger charge is 2.16. The van der Waals surface area contributed by atoms with Crippen LogP contribution < -0.4 is 10.1 Å². The van der Waals surface area contributed by atoms with Crippen LogP contribution in [0, 0.1) is 5.92 Å². The molecule has 0 radical (unpaired) electrons. The van der Waals surface area contributed by atoms with Gasteiger partial charge in [0.1, 0.15) is 0 Å². The number of nitrogens with zero attached hydrogens (tertiary/aromatic N) is 2. The number of rotatable bonds is 6. The van der Waals surface area contributed by atoms with Gasteiger partial charge >= 0.3 is 0 Å². The van der Waals surface area contributed by atoms with Crippen molar-refractivity contribution >= 4 is 0 Å². The second kappa shape index (κ2) is 7.46. The third-order valence-corrected chi connectivity index (χ3v) is 3.74. The first kappa shape index (κ1) is 14.3. The lowest BCUT2D eigenvalue weighted by molar-refractivity contribution is 0.207. The average molecular weight is 263 g/mol. The first-order valence-electron chi connectivity index (χ1n) is 7.24. The molecule has 2 rings (SSSR count). The summed E-state index contributed by atoms with van der Waals surface area (Å²) in [5.41, 5.74) is 1.09. The molecular formula is C15H25N3O. The molecule has 1 N–H and O–H groups in total. The van der Waals surface area contributed by atoms with Gasteiger partial charge in [0.15, 0.2) is 0 Å². The third kappa shape index (κ3) is 4.48. The zero-order chi connectivity index (χ0) is 13.5. The van der Waals surface area contributed by atoms with Crippen molar-refractivity contribution in [3.05, 3.63) is 23.9 Å². The molecule has 0 saturated carbocycles. The molecule has 0 aromatic carbocycles. The molecule has 1 aromatic heterocycles. The van der Waals surface area contributed by atoms with Crippen LogP contribution in [0.1, 0.15) is 25.5 Å². The van der Waals surface area contributed by atoms with E-state index in [0.717, 1.165) is 37.8 Å². The molecule has 1 atom stereocenters. The summed E-state index contributed by atoms with van der Waals surface area (Å²) in [6.45, 7) is 7.68. The standard InChI is InChI=1S/C15H25N3O/c1-3-18(11-13-6-5-9-16-10-13)12-14-7-4-8-15(17-14)19-2/h4,7-8,13,16H,3,5-6,9-12H2,1-2H3. The Bertz CT molecular complexity index is 377. The maximum Gasteiger partial charge on any atom is 0.213 e. The summed E-state index contributed by atoms with van der Waals surface area (Å²) >= 11 is 0. The van der Waals surface area contributed by atoms with E-state index in [-0.39, 0.29) is 0 Å². The summed E-state index contributed by atoms with van der Waals surface area (Å²) in [6, 6.07) is 5.98. The lowest BCUT2D eigenvalue weighted by Crippen LogP contribution is -2.38. The van der Waals surface area contributed by atoms with Gasteiger partial charge < -0.3 is 10.1 Å². The van der Waals surface area contributed by atoms with Gasteiger partial charge in [0, 0.05) is 19.2 Å². The van der Waals surface area contributed by atoms with Crippen molar-refractivity contribution in [3.8, 4) is 5.88 Å². The van der Waals surface area contributed by atoms with Crippen LogP contribution >= 0.6 is 0 Å². The van der Waals surface area contributed by atoms with E-state index in [4.69, 9.17) is 4.74 Å². The van der Waals surface area contributed by atoms with Gasteiger partial charge in [-0.2, -0.15) is 0 Å². The number of ether oxygens (including phenoxy) is 1. The van der Waals surface area contributed by atoms with Crippen molar-refractivity contribution in [2.24, 2.45) is 5.92 Å². The number of hydrogen-bond donors (Lipinski definition) is 1. The van der Waals surface area contributed by atoms with Gasteiger partial charge in [-0.3, -0.25) is 4.90 Å². The summed E-state index contributed by atoms with van der Waals surface area (Å²) in [5, 5.41) is 3.48.